The molecule has 0 amide bonds. The second-order valence-electron chi connectivity index (χ2n) is 4.57. The van der Waals surface area contributed by atoms with Crippen LogP contribution in [0, 0.1) is 0 Å². The molecule has 0 spiro atoms. The number of aliphatic carboxylic acids is 1. The molecule has 1 N–H and O–H groups in total. The zero-order chi connectivity index (χ0) is 13.7. The van der Waals surface area contributed by atoms with Crippen molar-refractivity contribution in [3.05, 3.63) is 54.1 Å². The molecule has 1 aromatic carbocycles. The van der Waals surface area contributed by atoms with E-state index in [0.717, 1.165) is 24.1 Å². The summed E-state index contributed by atoms with van der Waals surface area (Å²) in [4.78, 5) is 15.3. The SMILES string of the molecule is CCCc1cncn1C(CC(=O)O)c1ccccc1. The molecule has 2 aromatic rings. The van der Waals surface area contributed by atoms with E-state index in [4.69, 9.17) is 5.11 Å². The smallest absolute Gasteiger partial charge is 0.305 e. The lowest BCUT2D eigenvalue weighted by Crippen LogP contribution is -2.16. The molecule has 0 saturated carbocycles. The summed E-state index contributed by atoms with van der Waals surface area (Å²) in [5, 5.41) is 9.13. The van der Waals surface area contributed by atoms with Crippen molar-refractivity contribution in [2.24, 2.45) is 0 Å². The van der Waals surface area contributed by atoms with Gasteiger partial charge < -0.3 is 9.67 Å². The predicted octanol–water partition coefficient (Wildman–Crippen LogP) is 2.90. The molecular weight excluding hydrogens is 240 g/mol. The van der Waals surface area contributed by atoms with Crippen molar-refractivity contribution in [3.63, 3.8) is 0 Å². The summed E-state index contributed by atoms with van der Waals surface area (Å²) in [7, 11) is 0. The first kappa shape index (κ1) is 13.3. The van der Waals surface area contributed by atoms with Gasteiger partial charge >= 0.3 is 5.97 Å². The van der Waals surface area contributed by atoms with Crippen molar-refractivity contribution in [1.29, 1.82) is 0 Å². The third kappa shape index (κ3) is 3.22. The van der Waals surface area contributed by atoms with E-state index in [1.165, 1.54) is 0 Å². The van der Waals surface area contributed by atoms with Crippen LogP contribution in [0.15, 0.2) is 42.9 Å². The fourth-order valence-corrected chi connectivity index (χ4v) is 2.28. The molecule has 0 aliphatic rings. The van der Waals surface area contributed by atoms with Gasteiger partial charge in [-0.3, -0.25) is 4.79 Å². The number of carbonyl (C=O) groups is 1. The molecule has 4 heteroatoms. The van der Waals surface area contributed by atoms with Crippen molar-refractivity contribution in [3.8, 4) is 0 Å². The molecule has 100 valence electrons. The predicted molar refractivity (Wildman–Crippen MR) is 73.1 cm³/mol. The van der Waals surface area contributed by atoms with Crippen LogP contribution in [0.2, 0.25) is 0 Å². The number of aryl methyl sites for hydroxylation is 1. The largest absolute Gasteiger partial charge is 0.481 e. The Morgan fingerprint density at radius 2 is 2.11 bits per heavy atom. The highest BCUT2D eigenvalue weighted by Gasteiger charge is 2.19. The maximum Gasteiger partial charge on any atom is 0.305 e. The van der Waals surface area contributed by atoms with Gasteiger partial charge in [-0.25, -0.2) is 4.98 Å². The molecule has 0 fully saturated rings. The Hall–Kier alpha value is -2.10. The molecule has 0 aliphatic heterocycles. The molecule has 1 aromatic heterocycles. The average Bonchev–Trinajstić information content (AvgIpc) is 2.85. The molecular formula is C15H18N2O2. The number of hydrogen-bond acceptors (Lipinski definition) is 2. The van der Waals surface area contributed by atoms with E-state index in [0.29, 0.717) is 0 Å². The number of carboxylic acid groups (broad SMARTS) is 1. The summed E-state index contributed by atoms with van der Waals surface area (Å²) in [6.07, 6.45) is 5.53. The first-order valence-electron chi connectivity index (χ1n) is 6.49. The molecule has 0 bridgehead atoms. The van der Waals surface area contributed by atoms with Crippen LogP contribution in [-0.2, 0) is 11.2 Å². The minimum Gasteiger partial charge on any atom is -0.481 e. The normalized spacial score (nSPS) is 12.3. The van der Waals surface area contributed by atoms with Crippen LogP contribution in [0.3, 0.4) is 0 Å². The molecule has 0 radical (unpaired) electrons. The summed E-state index contributed by atoms with van der Waals surface area (Å²) < 4.78 is 1.98. The fraction of sp³-hybridized carbons (Fsp3) is 0.333. The lowest BCUT2D eigenvalue weighted by molar-refractivity contribution is -0.137. The van der Waals surface area contributed by atoms with Gasteiger partial charge in [0.25, 0.3) is 0 Å². The number of carboxylic acids is 1. The standard InChI is InChI=1S/C15H18N2O2/c1-2-6-13-10-16-11-17(13)14(9-15(18)19)12-7-4-3-5-8-12/h3-5,7-8,10-11,14H,2,6,9H2,1H3,(H,18,19). The lowest BCUT2D eigenvalue weighted by atomic mass is 10.0. The zero-order valence-corrected chi connectivity index (χ0v) is 11.0. The molecule has 4 nitrogen and oxygen atoms in total. The minimum atomic E-state index is -0.801. The van der Waals surface area contributed by atoms with Crippen LogP contribution in [0.25, 0.3) is 0 Å². The highest BCUT2D eigenvalue weighted by molar-refractivity contribution is 5.68. The van der Waals surface area contributed by atoms with E-state index in [1.807, 2.05) is 41.1 Å². The van der Waals surface area contributed by atoms with Crippen LogP contribution in [-0.4, -0.2) is 20.6 Å². The second kappa shape index (κ2) is 6.18. The molecule has 0 saturated heterocycles. The van der Waals surface area contributed by atoms with Gasteiger partial charge in [-0.2, -0.15) is 0 Å². The second-order valence-corrected chi connectivity index (χ2v) is 4.57. The van der Waals surface area contributed by atoms with E-state index in [1.54, 1.807) is 6.33 Å². The maximum absolute atomic E-state index is 11.1. The molecule has 19 heavy (non-hydrogen) atoms. The summed E-state index contributed by atoms with van der Waals surface area (Å²) >= 11 is 0. The van der Waals surface area contributed by atoms with E-state index in [2.05, 4.69) is 11.9 Å². The van der Waals surface area contributed by atoms with E-state index in [-0.39, 0.29) is 12.5 Å². The van der Waals surface area contributed by atoms with Gasteiger partial charge in [0, 0.05) is 11.9 Å². The summed E-state index contributed by atoms with van der Waals surface area (Å²) in [6, 6.07) is 9.53. The van der Waals surface area contributed by atoms with Crippen molar-refractivity contribution in [2.75, 3.05) is 0 Å². The molecule has 1 heterocycles. The summed E-state index contributed by atoms with van der Waals surface area (Å²) in [5.74, 6) is -0.801. The lowest BCUT2D eigenvalue weighted by Gasteiger charge is -2.19. The van der Waals surface area contributed by atoms with Gasteiger partial charge in [-0.15, -0.1) is 0 Å². The Labute approximate surface area is 112 Å². The van der Waals surface area contributed by atoms with Crippen molar-refractivity contribution in [2.45, 2.75) is 32.2 Å². The van der Waals surface area contributed by atoms with E-state index in [9.17, 15) is 4.79 Å². The van der Waals surface area contributed by atoms with Gasteiger partial charge in [-0.1, -0.05) is 43.7 Å². The van der Waals surface area contributed by atoms with Crippen LogP contribution < -0.4 is 0 Å². The Bertz CT molecular complexity index is 534. The third-order valence-electron chi connectivity index (χ3n) is 3.14. The minimum absolute atomic E-state index is 0.0666. The monoisotopic (exact) mass is 258 g/mol. The van der Waals surface area contributed by atoms with Gasteiger partial charge in [-0.05, 0) is 12.0 Å². The fourth-order valence-electron chi connectivity index (χ4n) is 2.28. The number of hydrogen-bond donors (Lipinski definition) is 1. The van der Waals surface area contributed by atoms with Crippen LogP contribution in [0.1, 0.15) is 37.1 Å². The number of benzene rings is 1. The number of rotatable bonds is 6. The average molecular weight is 258 g/mol. The molecule has 1 unspecified atom stereocenters. The first-order chi connectivity index (χ1) is 9.22. The van der Waals surface area contributed by atoms with E-state index >= 15 is 0 Å². The number of imidazole rings is 1. The number of aromatic nitrogens is 2. The Balaban J connectivity index is 2.37. The van der Waals surface area contributed by atoms with Gasteiger partial charge in [0.1, 0.15) is 0 Å². The molecule has 1 atom stereocenters. The van der Waals surface area contributed by atoms with Gasteiger partial charge in [0.2, 0.25) is 0 Å². The topological polar surface area (TPSA) is 55.1 Å². The Morgan fingerprint density at radius 1 is 1.37 bits per heavy atom. The summed E-state index contributed by atoms with van der Waals surface area (Å²) in [6.45, 7) is 2.10. The highest BCUT2D eigenvalue weighted by atomic mass is 16.4. The quantitative estimate of drug-likeness (QED) is 0.866. The first-order valence-corrected chi connectivity index (χ1v) is 6.49. The Morgan fingerprint density at radius 3 is 2.74 bits per heavy atom. The maximum atomic E-state index is 11.1. The van der Waals surface area contributed by atoms with Crippen molar-refractivity contribution < 1.29 is 9.90 Å². The van der Waals surface area contributed by atoms with Crippen LogP contribution >= 0.6 is 0 Å². The molecule has 0 aliphatic carbocycles. The van der Waals surface area contributed by atoms with Gasteiger partial charge in [0.05, 0.1) is 18.8 Å². The van der Waals surface area contributed by atoms with Crippen molar-refractivity contribution >= 4 is 5.97 Å². The molecule has 2 rings (SSSR count). The van der Waals surface area contributed by atoms with Gasteiger partial charge in [0.15, 0.2) is 0 Å². The zero-order valence-electron chi connectivity index (χ0n) is 11.0. The Kier molecular flexibility index (Phi) is 4.34. The summed E-state index contributed by atoms with van der Waals surface area (Å²) in [5.41, 5.74) is 2.08. The van der Waals surface area contributed by atoms with E-state index < -0.39 is 5.97 Å². The van der Waals surface area contributed by atoms with Crippen molar-refractivity contribution in [1.82, 2.24) is 9.55 Å². The van der Waals surface area contributed by atoms with Crippen LogP contribution in [0.4, 0.5) is 0 Å². The third-order valence-corrected chi connectivity index (χ3v) is 3.14. The number of nitrogens with zero attached hydrogens (tertiary/aromatic N) is 2. The van der Waals surface area contributed by atoms with Crippen LogP contribution in [0.5, 0.6) is 0 Å². The highest BCUT2D eigenvalue weighted by Crippen LogP contribution is 2.24.